The van der Waals surface area contributed by atoms with Crippen molar-refractivity contribution in [2.45, 2.75) is 142 Å². The minimum atomic E-state index is -0.959. The van der Waals surface area contributed by atoms with E-state index in [2.05, 4.69) is 20.8 Å². The van der Waals surface area contributed by atoms with Crippen molar-refractivity contribution in [3.8, 4) is 0 Å². The number of esters is 1. The first kappa shape index (κ1) is 27.6. The summed E-state index contributed by atoms with van der Waals surface area (Å²) in [4.78, 5) is 38.4. The maximum Gasteiger partial charge on any atom is 0.306 e. The lowest BCUT2D eigenvalue weighted by molar-refractivity contribution is -0.189. The number of hydrogen-bond acceptors (Lipinski definition) is 4. The van der Waals surface area contributed by atoms with Crippen LogP contribution in [0.5, 0.6) is 0 Å². The molecule has 0 aromatic carbocycles. The van der Waals surface area contributed by atoms with E-state index in [0.29, 0.717) is 42.8 Å². The Labute approximate surface area is 219 Å². The molecule has 0 amide bonds. The monoisotopic (exact) mass is 498 g/mol. The molecular formula is C32H50O4. The van der Waals surface area contributed by atoms with Crippen LogP contribution in [0.1, 0.15) is 137 Å². The Hall–Kier alpha value is -1.45. The summed E-state index contributed by atoms with van der Waals surface area (Å²) in [5.41, 5.74) is 0.250. The molecule has 0 radical (unpaired) electrons. The van der Waals surface area contributed by atoms with Gasteiger partial charge >= 0.3 is 5.97 Å². The van der Waals surface area contributed by atoms with Gasteiger partial charge in [0.05, 0.1) is 0 Å². The van der Waals surface area contributed by atoms with Crippen molar-refractivity contribution < 1.29 is 19.1 Å². The quantitative estimate of drug-likeness (QED) is 0.214. The first-order valence-electron chi connectivity index (χ1n) is 15.1. The summed E-state index contributed by atoms with van der Waals surface area (Å²) in [6.07, 6.45) is 19.3. The number of ether oxygens (including phenoxy) is 1. The number of carbonyl (C=O) groups excluding carboxylic acids is 3. The SMILES string of the molecule is CCCCCCCCCCC(=O)O[C@]1(C(C)=O)CCC2C3CCC4=CC(=O)CC[C@]4(C)C3CC[C@@]21C. The van der Waals surface area contributed by atoms with Crippen molar-refractivity contribution in [3.63, 3.8) is 0 Å². The lowest BCUT2D eigenvalue weighted by Crippen LogP contribution is -2.58. The molecule has 3 unspecified atom stereocenters. The fourth-order valence-electron chi connectivity index (χ4n) is 9.02. The third-order valence-corrected chi connectivity index (χ3v) is 11.2. The van der Waals surface area contributed by atoms with Gasteiger partial charge in [0.25, 0.3) is 0 Å². The summed E-state index contributed by atoms with van der Waals surface area (Å²) in [5, 5.41) is 0. The highest BCUT2D eigenvalue weighted by atomic mass is 16.6. The number of Topliss-reactive ketones (excluding diaryl/α,β-unsaturated/α-hetero) is 1. The topological polar surface area (TPSA) is 60.4 Å². The fraction of sp³-hybridized carbons (Fsp3) is 0.844. The second-order valence-electron chi connectivity index (χ2n) is 13.0. The van der Waals surface area contributed by atoms with E-state index in [9.17, 15) is 14.4 Å². The molecule has 4 heteroatoms. The molecule has 0 heterocycles. The average molecular weight is 499 g/mol. The lowest BCUT2D eigenvalue weighted by atomic mass is 9.46. The predicted molar refractivity (Wildman–Crippen MR) is 143 cm³/mol. The average Bonchev–Trinajstić information content (AvgIpc) is 3.14. The Balaban J connectivity index is 1.40. The van der Waals surface area contributed by atoms with Gasteiger partial charge in [-0.05, 0) is 87.5 Å². The molecule has 0 aliphatic heterocycles. The number of unbranched alkanes of at least 4 members (excludes halogenated alkanes) is 7. The van der Waals surface area contributed by atoms with E-state index < -0.39 is 5.60 Å². The van der Waals surface area contributed by atoms with Crippen LogP contribution in [0.15, 0.2) is 11.6 Å². The minimum Gasteiger partial charge on any atom is -0.450 e. The van der Waals surface area contributed by atoms with Crippen LogP contribution in [-0.4, -0.2) is 23.1 Å². The Morgan fingerprint density at radius 2 is 1.56 bits per heavy atom. The van der Waals surface area contributed by atoms with E-state index in [1.807, 2.05) is 6.08 Å². The molecule has 0 N–H and O–H groups in total. The van der Waals surface area contributed by atoms with Crippen LogP contribution in [0.25, 0.3) is 0 Å². The number of carbonyl (C=O) groups is 3. The molecule has 0 spiro atoms. The largest absolute Gasteiger partial charge is 0.450 e. The zero-order chi connectivity index (χ0) is 26.0. The highest BCUT2D eigenvalue weighted by Gasteiger charge is 2.67. The molecule has 36 heavy (non-hydrogen) atoms. The molecule has 4 aliphatic carbocycles. The third-order valence-electron chi connectivity index (χ3n) is 11.2. The van der Waals surface area contributed by atoms with Gasteiger partial charge in [0.15, 0.2) is 17.2 Å². The number of fused-ring (bicyclic) bond motifs is 5. The fourth-order valence-corrected chi connectivity index (χ4v) is 9.02. The van der Waals surface area contributed by atoms with Gasteiger partial charge in [-0.25, -0.2) is 0 Å². The van der Waals surface area contributed by atoms with Crippen molar-refractivity contribution in [2.75, 3.05) is 0 Å². The highest BCUT2D eigenvalue weighted by molar-refractivity contribution is 5.91. The van der Waals surface area contributed by atoms with E-state index in [-0.39, 0.29) is 22.6 Å². The van der Waals surface area contributed by atoms with Crippen molar-refractivity contribution in [1.29, 1.82) is 0 Å². The summed E-state index contributed by atoms with van der Waals surface area (Å²) < 4.78 is 6.27. The Morgan fingerprint density at radius 1 is 0.889 bits per heavy atom. The molecule has 4 rings (SSSR count). The van der Waals surface area contributed by atoms with Gasteiger partial charge in [0, 0.05) is 18.3 Å². The molecule has 0 bridgehead atoms. The second kappa shape index (κ2) is 11.1. The van der Waals surface area contributed by atoms with Crippen molar-refractivity contribution in [2.24, 2.45) is 28.6 Å². The number of hydrogen-bond donors (Lipinski definition) is 0. The summed E-state index contributed by atoms with van der Waals surface area (Å²) in [5.74, 6) is 1.69. The molecular weight excluding hydrogens is 448 g/mol. The zero-order valence-electron chi connectivity index (χ0n) is 23.5. The molecule has 3 saturated carbocycles. The summed E-state index contributed by atoms with van der Waals surface area (Å²) in [7, 11) is 0. The van der Waals surface area contributed by atoms with Gasteiger partial charge in [0.1, 0.15) is 0 Å². The van der Waals surface area contributed by atoms with Gasteiger partial charge in [-0.1, -0.05) is 71.3 Å². The van der Waals surface area contributed by atoms with Crippen molar-refractivity contribution >= 4 is 17.5 Å². The highest BCUT2D eigenvalue weighted by Crippen LogP contribution is 2.68. The normalized spacial score (nSPS) is 37.5. The van der Waals surface area contributed by atoms with E-state index in [0.717, 1.165) is 51.4 Å². The molecule has 0 saturated heterocycles. The Morgan fingerprint density at radius 3 is 2.25 bits per heavy atom. The van der Waals surface area contributed by atoms with Gasteiger partial charge in [-0.3, -0.25) is 14.4 Å². The number of ketones is 2. The summed E-state index contributed by atoms with van der Waals surface area (Å²) in [6, 6.07) is 0. The van der Waals surface area contributed by atoms with E-state index in [4.69, 9.17) is 4.74 Å². The van der Waals surface area contributed by atoms with Crippen LogP contribution in [-0.2, 0) is 19.1 Å². The Kier molecular flexibility index (Phi) is 8.52. The van der Waals surface area contributed by atoms with Gasteiger partial charge in [0.2, 0.25) is 0 Å². The van der Waals surface area contributed by atoms with E-state index in [1.54, 1.807) is 6.92 Å². The first-order chi connectivity index (χ1) is 17.2. The molecule has 0 aromatic heterocycles. The zero-order valence-corrected chi connectivity index (χ0v) is 23.5. The molecule has 3 fully saturated rings. The number of rotatable bonds is 11. The van der Waals surface area contributed by atoms with E-state index >= 15 is 0 Å². The molecule has 0 aromatic rings. The third kappa shape index (κ3) is 4.87. The molecule has 6 atom stereocenters. The Bertz CT molecular complexity index is 873. The summed E-state index contributed by atoms with van der Waals surface area (Å²) >= 11 is 0. The van der Waals surface area contributed by atoms with Gasteiger partial charge in [-0.2, -0.15) is 0 Å². The molecule has 4 aliphatic rings. The van der Waals surface area contributed by atoms with Crippen molar-refractivity contribution in [3.05, 3.63) is 11.6 Å². The first-order valence-corrected chi connectivity index (χ1v) is 15.1. The standard InChI is InChI=1S/C32H50O4/c1-5-6-7-8-9-10-11-12-13-29(35)36-32(23(2)33)21-18-28-26-15-14-24-22-25(34)16-19-30(24,3)27(26)17-20-31(28,32)4/h22,26-28H,5-21H2,1-4H3/t26?,27?,28?,30-,31-,32-/m0/s1. The predicted octanol–water partition coefficient (Wildman–Crippen LogP) is 7.92. The van der Waals surface area contributed by atoms with Crippen LogP contribution in [0, 0.1) is 28.6 Å². The second-order valence-corrected chi connectivity index (χ2v) is 13.0. The maximum absolute atomic E-state index is 13.2. The van der Waals surface area contributed by atoms with Crippen LogP contribution in [0.2, 0.25) is 0 Å². The minimum absolute atomic E-state index is 0.0427. The van der Waals surface area contributed by atoms with Crippen LogP contribution >= 0.6 is 0 Å². The van der Waals surface area contributed by atoms with Crippen molar-refractivity contribution in [1.82, 2.24) is 0 Å². The van der Waals surface area contributed by atoms with E-state index in [1.165, 1.54) is 44.1 Å². The smallest absolute Gasteiger partial charge is 0.306 e. The van der Waals surface area contributed by atoms with Gasteiger partial charge in [-0.15, -0.1) is 0 Å². The maximum atomic E-state index is 13.2. The lowest BCUT2D eigenvalue weighted by Gasteiger charge is -2.59. The number of allylic oxidation sites excluding steroid dienone is 1. The van der Waals surface area contributed by atoms with Crippen LogP contribution < -0.4 is 0 Å². The molecule has 4 nitrogen and oxygen atoms in total. The van der Waals surface area contributed by atoms with Gasteiger partial charge < -0.3 is 4.74 Å². The van der Waals surface area contributed by atoms with Crippen LogP contribution in [0.4, 0.5) is 0 Å². The van der Waals surface area contributed by atoms with Crippen LogP contribution in [0.3, 0.4) is 0 Å². The summed E-state index contributed by atoms with van der Waals surface area (Å²) in [6.45, 7) is 8.53. The molecule has 202 valence electrons.